The number of benzene rings is 2. The van der Waals surface area contributed by atoms with Crippen LogP contribution in [0.5, 0.6) is 0 Å². The molecule has 1 aromatic heterocycles. The summed E-state index contributed by atoms with van der Waals surface area (Å²) in [5, 5.41) is 15.1. The van der Waals surface area contributed by atoms with Crippen LogP contribution in [0, 0.1) is 13.8 Å². The van der Waals surface area contributed by atoms with Crippen LogP contribution in [0.4, 0.5) is 11.5 Å². The second-order valence-corrected chi connectivity index (χ2v) is 5.36. The van der Waals surface area contributed by atoms with Crippen molar-refractivity contribution in [1.82, 2.24) is 4.98 Å². The number of rotatable bonds is 3. The lowest BCUT2D eigenvalue weighted by atomic mass is 10.1. The lowest BCUT2D eigenvalue weighted by molar-refractivity contribution is -0.254. The first-order valence-corrected chi connectivity index (χ1v) is 6.99. The molecule has 2 aromatic carbocycles. The third-order valence-corrected chi connectivity index (χ3v) is 3.43. The number of anilines is 2. The van der Waals surface area contributed by atoms with E-state index in [1.54, 1.807) is 18.2 Å². The summed E-state index contributed by atoms with van der Waals surface area (Å²) in [5.74, 6) is -0.718. The number of aromatic carboxylic acids is 1. The predicted octanol–water partition coefficient (Wildman–Crippen LogP) is 2.96. The molecule has 0 saturated carbocycles. The third kappa shape index (κ3) is 2.76. The molecule has 0 aliphatic rings. The van der Waals surface area contributed by atoms with E-state index >= 15 is 0 Å². The largest absolute Gasteiger partial charge is 0.545 e. The SMILES string of the molecule is Cc1cc(C)cc(Nc2cc(C(=O)[O-])c3ccccc3n2)c1. The molecule has 0 atom stereocenters. The number of carboxylic acids is 1. The van der Waals surface area contributed by atoms with Crippen LogP contribution < -0.4 is 10.4 Å². The van der Waals surface area contributed by atoms with Crippen molar-refractivity contribution in [2.75, 3.05) is 5.32 Å². The summed E-state index contributed by atoms with van der Waals surface area (Å²) in [4.78, 5) is 15.8. The highest BCUT2D eigenvalue weighted by Gasteiger charge is 2.07. The molecule has 22 heavy (non-hydrogen) atoms. The molecule has 0 aliphatic carbocycles. The first-order valence-electron chi connectivity index (χ1n) is 6.99. The molecular formula is C18H15N2O2-. The Morgan fingerprint density at radius 3 is 2.41 bits per heavy atom. The number of nitrogens with one attached hydrogen (secondary N) is 1. The summed E-state index contributed by atoms with van der Waals surface area (Å²) < 4.78 is 0. The van der Waals surface area contributed by atoms with Crippen LogP contribution >= 0.6 is 0 Å². The summed E-state index contributed by atoms with van der Waals surface area (Å²) in [6, 6.07) is 14.7. The van der Waals surface area contributed by atoms with E-state index in [9.17, 15) is 9.90 Å². The smallest absolute Gasteiger partial charge is 0.131 e. The highest BCUT2D eigenvalue weighted by molar-refractivity contribution is 6.02. The van der Waals surface area contributed by atoms with Gasteiger partial charge in [-0.2, -0.15) is 0 Å². The summed E-state index contributed by atoms with van der Waals surface area (Å²) in [5.41, 5.74) is 3.89. The normalized spacial score (nSPS) is 10.6. The van der Waals surface area contributed by atoms with Crippen molar-refractivity contribution in [1.29, 1.82) is 0 Å². The van der Waals surface area contributed by atoms with Crippen molar-refractivity contribution < 1.29 is 9.90 Å². The second-order valence-electron chi connectivity index (χ2n) is 5.36. The summed E-state index contributed by atoms with van der Waals surface area (Å²) >= 11 is 0. The maximum atomic E-state index is 11.4. The number of para-hydroxylation sites is 1. The van der Waals surface area contributed by atoms with Gasteiger partial charge in [-0.1, -0.05) is 24.3 Å². The van der Waals surface area contributed by atoms with Gasteiger partial charge in [-0.05, 0) is 49.2 Å². The van der Waals surface area contributed by atoms with E-state index in [4.69, 9.17) is 0 Å². The lowest BCUT2D eigenvalue weighted by Crippen LogP contribution is -2.22. The van der Waals surface area contributed by atoms with Gasteiger partial charge in [0, 0.05) is 16.6 Å². The van der Waals surface area contributed by atoms with Gasteiger partial charge < -0.3 is 15.2 Å². The first kappa shape index (κ1) is 14.1. The van der Waals surface area contributed by atoms with Gasteiger partial charge in [0.05, 0.1) is 11.5 Å². The van der Waals surface area contributed by atoms with Crippen LogP contribution in [0.3, 0.4) is 0 Å². The first-order chi connectivity index (χ1) is 10.5. The molecule has 0 bridgehead atoms. The van der Waals surface area contributed by atoms with Gasteiger partial charge in [-0.3, -0.25) is 0 Å². The number of carboxylic acid groups (broad SMARTS) is 1. The number of hydrogen-bond acceptors (Lipinski definition) is 4. The Kier molecular flexibility index (Phi) is 3.51. The van der Waals surface area contributed by atoms with E-state index in [-0.39, 0.29) is 5.56 Å². The standard InChI is InChI=1S/C18H16N2O2/c1-11-7-12(2)9-13(8-11)19-17-10-15(18(21)22)14-5-3-4-6-16(14)20-17/h3-10H,1-2H3,(H,19,20)(H,21,22)/p-1. The second kappa shape index (κ2) is 5.48. The van der Waals surface area contributed by atoms with Crippen molar-refractivity contribution >= 4 is 28.4 Å². The van der Waals surface area contributed by atoms with Crippen molar-refractivity contribution in [3.8, 4) is 0 Å². The Morgan fingerprint density at radius 1 is 1.05 bits per heavy atom. The van der Waals surface area contributed by atoms with Crippen LogP contribution in [0.25, 0.3) is 10.9 Å². The molecule has 0 fully saturated rings. The molecule has 4 nitrogen and oxygen atoms in total. The number of pyridine rings is 1. The average Bonchev–Trinajstić information content (AvgIpc) is 2.45. The van der Waals surface area contributed by atoms with Gasteiger partial charge in [0.1, 0.15) is 5.82 Å². The van der Waals surface area contributed by atoms with Crippen LogP contribution in [-0.2, 0) is 0 Å². The molecular weight excluding hydrogens is 276 g/mol. The van der Waals surface area contributed by atoms with Crippen molar-refractivity contribution in [2.24, 2.45) is 0 Å². The number of hydrogen-bond donors (Lipinski definition) is 1. The van der Waals surface area contributed by atoms with Gasteiger partial charge in [0.15, 0.2) is 0 Å². The van der Waals surface area contributed by atoms with Crippen LogP contribution in [0.2, 0.25) is 0 Å². The zero-order valence-electron chi connectivity index (χ0n) is 12.4. The molecule has 3 aromatic rings. The van der Waals surface area contributed by atoms with E-state index in [1.165, 1.54) is 6.07 Å². The molecule has 0 spiro atoms. The minimum absolute atomic E-state index is 0.137. The van der Waals surface area contributed by atoms with E-state index in [0.29, 0.717) is 16.7 Å². The maximum absolute atomic E-state index is 11.4. The van der Waals surface area contributed by atoms with E-state index < -0.39 is 5.97 Å². The highest BCUT2D eigenvalue weighted by atomic mass is 16.4. The number of aryl methyl sites for hydroxylation is 2. The maximum Gasteiger partial charge on any atom is 0.131 e. The Hall–Kier alpha value is -2.88. The van der Waals surface area contributed by atoms with Crippen LogP contribution in [0.15, 0.2) is 48.5 Å². The molecule has 110 valence electrons. The molecule has 3 rings (SSSR count). The number of fused-ring (bicyclic) bond motifs is 1. The Balaban J connectivity index is 2.09. The topological polar surface area (TPSA) is 65.0 Å². The molecule has 0 radical (unpaired) electrons. The molecule has 1 heterocycles. The minimum Gasteiger partial charge on any atom is -0.545 e. The molecule has 4 heteroatoms. The van der Waals surface area contributed by atoms with Gasteiger partial charge >= 0.3 is 0 Å². The number of aromatic nitrogens is 1. The minimum atomic E-state index is -1.21. The van der Waals surface area contributed by atoms with Crippen molar-refractivity contribution in [2.45, 2.75) is 13.8 Å². The summed E-state index contributed by atoms with van der Waals surface area (Å²) in [6.45, 7) is 4.02. The fourth-order valence-electron chi connectivity index (χ4n) is 2.60. The molecule has 1 N–H and O–H groups in total. The summed E-state index contributed by atoms with van der Waals surface area (Å²) in [7, 11) is 0. The molecule has 0 unspecified atom stereocenters. The van der Waals surface area contributed by atoms with Gasteiger partial charge in [0.25, 0.3) is 0 Å². The van der Waals surface area contributed by atoms with Gasteiger partial charge in [-0.25, -0.2) is 4.98 Å². The van der Waals surface area contributed by atoms with Crippen molar-refractivity contribution in [3.05, 3.63) is 65.2 Å². The van der Waals surface area contributed by atoms with Crippen molar-refractivity contribution in [3.63, 3.8) is 0 Å². The lowest BCUT2D eigenvalue weighted by Gasteiger charge is -2.12. The predicted molar refractivity (Wildman–Crippen MR) is 85.3 cm³/mol. The fraction of sp³-hybridized carbons (Fsp3) is 0.111. The Morgan fingerprint density at radius 2 is 1.73 bits per heavy atom. The van der Waals surface area contributed by atoms with E-state index in [1.807, 2.05) is 32.0 Å². The van der Waals surface area contributed by atoms with E-state index in [2.05, 4.69) is 16.4 Å². The Bertz CT molecular complexity index is 852. The Labute approximate surface area is 128 Å². The number of carbonyl (C=O) groups is 1. The summed E-state index contributed by atoms with van der Waals surface area (Å²) in [6.07, 6.45) is 0. The highest BCUT2D eigenvalue weighted by Crippen LogP contribution is 2.24. The molecule has 0 saturated heterocycles. The van der Waals surface area contributed by atoms with Crippen LogP contribution in [-0.4, -0.2) is 11.0 Å². The fourth-order valence-corrected chi connectivity index (χ4v) is 2.60. The molecule has 0 aliphatic heterocycles. The van der Waals surface area contributed by atoms with Gasteiger partial charge in [0.2, 0.25) is 0 Å². The third-order valence-electron chi connectivity index (χ3n) is 3.43. The molecule has 0 amide bonds. The zero-order valence-corrected chi connectivity index (χ0v) is 12.4. The van der Waals surface area contributed by atoms with Gasteiger partial charge in [-0.15, -0.1) is 0 Å². The quantitative estimate of drug-likeness (QED) is 0.805. The van der Waals surface area contributed by atoms with E-state index in [0.717, 1.165) is 16.8 Å². The van der Waals surface area contributed by atoms with Crippen LogP contribution in [0.1, 0.15) is 21.5 Å². The zero-order chi connectivity index (χ0) is 15.7. The number of carbonyl (C=O) groups excluding carboxylic acids is 1. The number of nitrogens with zero attached hydrogens (tertiary/aromatic N) is 1. The average molecular weight is 291 g/mol. The monoisotopic (exact) mass is 291 g/mol.